The van der Waals surface area contributed by atoms with Gasteiger partial charge in [0.25, 0.3) is 0 Å². The first-order valence-corrected chi connectivity index (χ1v) is 8.71. The molecule has 0 atom stereocenters. The molecule has 5 heteroatoms. The first kappa shape index (κ1) is 16.6. The Bertz CT molecular complexity index is 657. The topological polar surface area (TPSA) is 62.5 Å². The number of benzene rings is 1. The van der Waals surface area contributed by atoms with Crippen molar-refractivity contribution in [3.8, 4) is 11.5 Å². The zero-order valence-electron chi connectivity index (χ0n) is 14.5. The molecule has 0 unspecified atom stereocenters. The van der Waals surface area contributed by atoms with Crippen LogP contribution in [0, 0.1) is 5.92 Å². The highest BCUT2D eigenvalue weighted by Crippen LogP contribution is 2.23. The van der Waals surface area contributed by atoms with Gasteiger partial charge in [-0.05, 0) is 43.7 Å². The van der Waals surface area contributed by atoms with Crippen molar-refractivity contribution in [2.24, 2.45) is 10.9 Å². The molecule has 1 aromatic heterocycles. The molecule has 0 aliphatic heterocycles. The summed E-state index contributed by atoms with van der Waals surface area (Å²) in [7, 11) is 1.80. The summed E-state index contributed by atoms with van der Waals surface area (Å²) in [5.41, 5.74) is 1.86. The number of nitrogens with zero attached hydrogens (tertiary/aromatic N) is 2. The molecule has 0 saturated heterocycles. The van der Waals surface area contributed by atoms with Crippen LogP contribution < -0.4 is 10.6 Å². The lowest BCUT2D eigenvalue weighted by Gasteiger charge is -2.28. The Labute approximate surface area is 143 Å². The van der Waals surface area contributed by atoms with Crippen molar-refractivity contribution in [1.29, 1.82) is 0 Å². The van der Waals surface area contributed by atoms with Gasteiger partial charge in [0, 0.05) is 18.7 Å². The number of guanidine groups is 1. The summed E-state index contributed by atoms with van der Waals surface area (Å²) in [6.45, 7) is 2.93. The SMILES string of the molecule is CN=C(NCc1coc(-c2ccccc2)n1)NC1CCC(C)CC1. The van der Waals surface area contributed by atoms with Crippen LogP contribution in [0.1, 0.15) is 38.3 Å². The van der Waals surface area contributed by atoms with Crippen LogP contribution in [-0.2, 0) is 6.54 Å². The summed E-state index contributed by atoms with van der Waals surface area (Å²) in [4.78, 5) is 8.85. The molecule has 2 N–H and O–H groups in total. The number of aromatic nitrogens is 1. The predicted octanol–water partition coefficient (Wildman–Crippen LogP) is 3.59. The van der Waals surface area contributed by atoms with E-state index < -0.39 is 0 Å². The Kier molecular flexibility index (Phi) is 5.51. The van der Waals surface area contributed by atoms with Crippen molar-refractivity contribution in [2.45, 2.75) is 45.2 Å². The minimum atomic E-state index is 0.518. The third kappa shape index (κ3) is 4.37. The van der Waals surface area contributed by atoms with E-state index in [1.807, 2.05) is 30.3 Å². The predicted molar refractivity (Wildman–Crippen MR) is 96.7 cm³/mol. The fraction of sp³-hybridized carbons (Fsp3) is 0.474. The standard InChI is InChI=1S/C19H26N4O/c1-14-8-10-16(11-9-14)23-19(20-2)21-12-17-13-24-18(22-17)15-6-4-3-5-7-15/h3-7,13-14,16H,8-12H2,1-2H3,(H2,20,21,23). The van der Waals surface area contributed by atoms with Crippen LogP contribution in [0.5, 0.6) is 0 Å². The second-order valence-electron chi connectivity index (χ2n) is 6.54. The fourth-order valence-corrected chi connectivity index (χ4v) is 3.07. The molecule has 128 valence electrons. The van der Waals surface area contributed by atoms with Crippen molar-refractivity contribution < 1.29 is 4.42 Å². The molecule has 1 aromatic carbocycles. The summed E-state index contributed by atoms with van der Waals surface area (Å²) in [5.74, 6) is 2.33. The zero-order valence-corrected chi connectivity index (χ0v) is 14.5. The van der Waals surface area contributed by atoms with Crippen molar-refractivity contribution in [3.63, 3.8) is 0 Å². The molecule has 0 bridgehead atoms. The zero-order chi connectivity index (χ0) is 16.8. The van der Waals surface area contributed by atoms with Gasteiger partial charge in [0.05, 0.1) is 12.2 Å². The quantitative estimate of drug-likeness (QED) is 0.666. The number of rotatable bonds is 4. The molecule has 2 aromatic rings. The average molecular weight is 326 g/mol. The molecular weight excluding hydrogens is 300 g/mol. The summed E-state index contributed by atoms with van der Waals surface area (Å²) in [6.07, 6.45) is 6.70. The summed E-state index contributed by atoms with van der Waals surface area (Å²) < 4.78 is 5.57. The van der Waals surface area contributed by atoms with Gasteiger partial charge in [-0.25, -0.2) is 4.98 Å². The van der Waals surface area contributed by atoms with Crippen LogP contribution in [0.25, 0.3) is 11.5 Å². The monoisotopic (exact) mass is 326 g/mol. The smallest absolute Gasteiger partial charge is 0.226 e. The molecule has 0 spiro atoms. The van der Waals surface area contributed by atoms with Crippen LogP contribution in [0.2, 0.25) is 0 Å². The third-order valence-electron chi connectivity index (χ3n) is 4.59. The second kappa shape index (κ2) is 7.99. The van der Waals surface area contributed by atoms with E-state index in [1.54, 1.807) is 13.3 Å². The normalized spacial score (nSPS) is 21.5. The first-order valence-electron chi connectivity index (χ1n) is 8.71. The van der Waals surface area contributed by atoms with Crippen molar-refractivity contribution in [1.82, 2.24) is 15.6 Å². The number of oxazole rings is 1. The van der Waals surface area contributed by atoms with Crippen LogP contribution in [-0.4, -0.2) is 24.0 Å². The average Bonchev–Trinajstić information content (AvgIpc) is 3.10. The van der Waals surface area contributed by atoms with Gasteiger partial charge in [-0.2, -0.15) is 0 Å². The van der Waals surface area contributed by atoms with E-state index in [9.17, 15) is 0 Å². The van der Waals surface area contributed by atoms with Crippen molar-refractivity contribution >= 4 is 5.96 Å². The minimum Gasteiger partial charge on any atom is -0.444 e. The number of nitrogens with one attached hydrogen (secondary N) is 2. The lowest BCUT2D eigenvalue weighted by atomic mass is 9.87. The molecule has 0 amide bonds. The fourth-order valence-electron chi connectivity index (χ4n) is 3.07. The summed E-state index contributed by atoms with van der Waals surface area (Å²) in [5, 5.41) is 6.84. The molecule has 3 rings (SSSR count). The number of hydrogen-bond acceptors (Lipinski definition) is 3. The lowest BCUT2D eigenvalue weighted by molar-refractivity contribution is 0.329. The van der Waals surface area contributed by atoms with Gasteiger partial charge in [-0.3, -0.25) is 4.99 Å². The first-order chi connectivity index (χ1) is 11.7. The highest BCUT2D eigenvalue weighted by molar-refractivity contribution is 5.79. The molecule has 1 fully saturated rings. The maximum Gasteiger partial charge on any atom is 0.226 e. The molecule has 5 nitrogen and oxygen atoms in total. The van der Waals surface area contributed by atoms with Crippen LogP contribution in [0.15, 0.2) is 46.0 Å². The Balaban J connectivity index is 1.52. The van der Waals surface area contributed by atoms with Crippen LogP contribution in [0.3, 0.4) is 0 Å². The highest BCUT2D eigenvalue weighted by Gasteiger charge is 2.19. The molecule has 1 saturated carbocycles. The Hall–Kier alpha value is -2.30. The van der Waals surface area contributed by atoms with Crippen molar-refractivity contribution in [2.75, 3.05) is 7.05 Å². The van der Waals surface area contributed by atoms with Gasteiger partial charge in [0.1, 0.15) is 6.26 Å². The lowest BCUT2D eigenvalue weighted by Crippen LogP contribution is -2.44. The Morgan fingerprint density at radius 3 is 2.67 bits per heavy atom. The summed E-state index contributed by atoms with van der Waals surface area (Å²) in [6, 6.07) is 10.4. The van der Waals surface area contributed by atoms with Gasteiger partial charge in [-0.15, -0.1) is 0 Å². The maximum absolute atomic E-state index is 5.57. The van der Waals surface area contributed by atoms with E-state index in [0.29, 0.717) is 18.5 Å². The third-order valence-corrected chi connectivity index (χ3v) is 4.59. The minimum absolute atomic E-state index is 0.518. The van der Waals surface area contributed by atoms with Gasteiger partial charge in [0.2, 0.25) is 5.89 Å². The molecule has 24 heavy (non-hydrogen) atoms. The molecule has 1 aliphatic rings. The van der Waals surface area contributed by atoms with E-state index in [2.05, 4.69) is 27.5 Å². The van der Waals surface area contributed by atoms with E-state index in [1.165, 1.54) is 25.7 Å². The highest BCUT2D eigenvalue weighted by atomic mass is 16.3. The van der Waals surface area contributed by atoms with Crippen LogP contribution >= 0.6 is 0 Å². The van der Waals surface area contributed by atoms with E-state index >= 15 is 0 Å². The Morgan fingerprint density at radius 2 is 1.96 bits per heavy atom. The summed E-state index contributed by atoms with van der Waals surface area (Å²) >= 11 is 0. The molecule has 1 aliphatic carbocycles. The van der Waals surface area contributed by atoms with Gasteiger partial charge in [0.15, 0.2) is 5.96 Å². The molecule has 0 radical (unpaired) electrons. The number of aliphatic imine (C=N–C) groups is 1. The van der Waals surface area contributed by atoms with Gasteiger partial charge >= 0.3 is 0 Å². The Morgan fingerprint density at radius 1 is 1.21 bits per heavy atom. The van der Waals surface area contributed by atoms with Gasteiger partial charge in [-0.1, -0.05) is 25.1 Å². The largest absolute Gasteiger partial charge is 0.444 e. The van der Waals surface area contributed by atoms with Gasteiger partial charge < -0.3 is 15.1 Å². The van der Waals surface area contributed by atoms with E-state index in [0.717, 1.165) is 23.1 Å². The van der Waals surface area contributed by atoms with E-state index in [4.69, 9.17) is 4.42 Å². The van der Waals surface area contributed by atoms with E-state index in [-0.39, 0.29) is 0 Å². The van der Waals surface area contributed by atoms with Crippen molar-refractivity contribution in [3.05, 3.63) is 42.3 Å². The second-order valence-corrected chi connectivity index (χ2v) is 6.54. The molecular formula is C19H26N4O. The molecule has 1 heterocycles. The van der Waals surface area contributed by atoms with Crippen LogP contribution in [0.4, 0.5) is 0 Å². The number of hydrogen-bond donors (Lipinski definition) is 2. The maximum atomic E-state index is 5.57.